The topological polar surface area (TPSA) is 62.3 Å². The summed E-state index contributed by atoms with van der Waals surface area (Å²) in [5.74, 6) is -0.112. The van der Waals surface area contributed by atoms with Crippen LogP contribution in [0.3, 0.4) is 0 Å². The first kappa shape index (κ1) is 16.0. The molecule has 2 aromatic heterocycles. The highest BCUT2D eigenvalue weighted by molar-refractivity contribution is 7.16. The Bertz CT molecular complexity index is 918. The number of hydrogen-bond donors (Lipinski definition) is 1. The Kier molecular flexibility index (Phi) is 4.33. The standard InChI is InChI=1S/C18H15N3O2S2/c22-16-7-2-8-21(16)13-5-1-4-12(10-13)17(23)20-18-19-14(11-25-18)15-6-3-9-24-15/h1,3-6,9-11H,2,7-8H2,(H,19,20,23). The molecule has 1 N–H and O–H groups in total. The van der Waals surface area contributed by atoms with Gasteiger partial charge in [-0.1, -0.05) is 12.1 Å². The molecule has 0 radical (unpaired) electrons. The Morgan fingerprint density at radius 3 is 2.88 bits per heavy atom. The number of anilines is 2. The van der Waals surface area contributed by atoms with Crippen molar-refractivity contribution in [3.05, 3.63) is 52.7 Å². The molecule has 0 spiro atoms. The van der Waals surface area contributed by atoms with Crippen molar-refractivity contribution in [2.24, 2.45) is 0 Å². The molecule has 4 rings (SSSR count). The average Bonchev–Trinajstić information content (AvgIpc) is 3.36. The molecule has 3 heterocycles. The van der Waals surface area contributed by atoms with E-state index in [0.29, 0.717) is 23.7 Å². The zero-order chi connectivity index (χ0) is 17.2. The number of thiazole rings is 1. The summed E-state index contributed by atoms with van der Waals surface area (Å²) in [6.07, 6.45) is 1.43. The zero-order valence-electron chi connectivity index (χ0n) is 13.3. The molecule has 1 saturated heterocycles. The molecule has 1 fully saturated rings. The van der Waals surface area contributed by atoms with E-state index in [1.807, 2.05) is 29.0 Å². The van der Waals surface area contributed by atoms with Crippen LogP contribution in [-0.4, -0.2) is 23.3 Å². The van der Waals surface area contributed by atoms with Crippen molar-refractivity contribution in [3.63, 3.8) is 0 Å². The second-order valence-electron chi connectivity index (χ2n) is 5.67. The summed E-state index contributed by atoms with van der Waals surface area (Å²) in [5.41, 5.74) is 2.16. The molecule has 0 saturated carbocycles. The van der Waals surface area contributed by atoms with Gasteiger partial charge in [-0.2, -0.15) is 0 Å². The van der Waals surface area contributed by atoms with E-state index in [2.05, 4.69) is 10.3 Å². The molecule has 7 heteroatoms. The Balaban J connectivity index is 1.51. The summed E-state index contributed by atoms with van der Waals surface area (Å²) in [6, 6.07) is 11.1. The van der Waals surface area contributed by atoms with E-state index in [1.165, 1.54) is 11.3 Å². The number of nitrogens with one attached hydrogen (secondary N) is 1. The van der Waals surface area contributed by atoms with Crippen LogP contribution in [0, 0.1) is 0 Å². The van der Waals surface area contributed by atoms with Crippen LogP contribution in [0.25, 0.3) is 10.6 Å². The molecule has 1 aliphatic heterocycles. The normalized spacial score (nSPS) is 14.1. The van der Waals surface area contributed by atoms with Crippen molar-refractivity contribution >= 4 is 45.3 Å². The Labute approximate surface area is 152 Å². The lowest BCUT2D eigenvalue weighted by Crippen LogP contribution is -2.24. The predicted octanol–water partition coefficient (Wildman–Crippen LogP) is 4.25. The molecular formula is C18H15N3O2S2. The van der Waals surface area contributed by atoms with E-state index in [4.69, 9.17) is 0 Å². The summed E-state index contributed by atoms with van der Waals surface area (Å²) in [6.45, 7) is 0.709. The highest BCUT2D eigenvalue weighted by Gasteiger charge is 2.22. The van der Waals surface area contributed by atoms with Gasteiger partial charge in [0.1, 0.15) is 0 Å². The van der Waals surface area contributed by atoms with Crippen molar-refractivity contribution in [2.45, 2.75) is 12.8 Å². The van der Waals surface area contributed by atoms with E-state index in [-0.39, 0.29) is 11.8 Å². The van der Waals surface area contributed by atoms with Gasteiger partial charge < -0.3 is 4.90 Å². The first-order valence-electron chi connectivity index (χ1n) is 7.92. The molecule has 25 heavy (non-hydrogen) atoms. The monoisotopic (exact) mass is 369 g/mol. The lowest BCUT2D eigenvalue weighted by Gasteiger charge is -2.16. The maximum Gasteiger partial charge on any atom is 0.257 e. The summed E-state index contributed by atoms with van der Waals surface area (Å²) in [5, 5.41) is 7.33. The molecule has 0 aliphatic carbocycles. The third-order valence-electron chi connectivity index (χ3n) is 3.99. The van der Waals surface area contributed by atoms with Crippen LogP contribution in [0.5, 0.6) is 0 Å². The quantitative estimate of drug-likeness (QED) is 0.748. The van der Waals surface area contributed by atoms with Crippen LogP contribution in [0.1, 0.15) is 23.2 Å². The summed E-state index contributed by atoms with van der Waals surface area (Å²) < 4.78 is 0. The van der Waals surface area contributed by atoms with Crippen molar-refractivity contribution in [2.75, 3.05) is 16.8 Å². The largest absolute Gasteiger partial charge is 0.312 e. The van der Waals surface area contributed by atoms with Crippen LogP contribution < -0.4 is 10.2 Å². The maximum atomic E-state index is 12.5. The summed E-state index contributed by atoms with van der Waals surface area (Å²) in [4.78, 5) is 31.7. The fraction of sp³-hybridized carbons (Fsp3) is 0.167. The van der Waals surface area contributed by atoms with E-state index >= 15 is 0 Å². The molecule has 3 aromatic rings. The summed E-state index contributed by atoms with van der Waals surface area (Å²) in [7, 11) is 0. The number of hydrogen-bond acceptors (Lipinski definition) is 5. The highest BCUT2D eigenvalue weighted by Crippen LogP contribution is 2.29. The van der Waals surface area contributed by atoms with Crippen LogP contribution in [0.4, 0.5) is 10.8 Å². The maximum absolute atomic E-state index is 12.5. The minimum Gasteiger partial charge on any atom is -0.312 e. The lowest BCUT2D eigenvalue weighted by molar-refractivity contribution is -0.117. The predicted molar refractivity (Wildman–Crippen MR) is 101 cm³/mol. The molecule has 126 valence electrons. The van der Waals surface area contributed by atoms with E-state index in [9.17, 15) is 9.59 Å². The number of aromatic nitrogens is 1. The molecule has 0 atom stereocenters. The first-order valence-corrected chi connectivity index (χ1v) is 9.68. The first-order chi connectivity index (χ1) is 12.2. The smallest absolute Gasteiger partial charge is 0.257 e. The molecule has 5 nitrogen and oxygen atoms in total. The van der Waals surface area contributed by atoms with Crippen molar-refractivity contribution in [1.82, 2.24) is 4.98 Å². The number of carbonyl (C=O) groups excluding carboxylic acids is 2. The van der Waals surface area contributed by atoms with Crippen molar-refractivity contribution < 1.29 is 9.59 Å². The second-order valence-corrected chi connectivity index (χ2v) is 7.47. The van der Waals surface area contributed by atoms with E-state index in [0.717, 1.165) is 22.7 Å². The van der Waals surface area contributed by atoms with Gasteiger partial charge in [0.15, 0.2) is 5.13 Å². The molecule has 0 bridgehead atoms. The molecule has 1 aromatic carbocycles. The van der Waals surface area contributed by atoms with Crippen molar-refractivity contribution in [3.8, 4) is 10.6 Å². The molecule has 0 unspecified atom stereocenters. The number of nitrogens with zero attached hydrogens (tertiary/aromatic N) is 2. The van der Waals surface area contributed by atoms with Crippen LogP contribution in [-0.2, 0) is 4.79 Å². The lowest BCUT2D eigenvalue weighted by atomic mass is 10.2. The summed E-state index contributed by atoms with van der Waals surface area (Å²) >= 11 is 3.01. The van der Waals surface area contributed by atoms with Crippen LogP contribution >= 0.6 is 22.7 Å². The van der Waals surface area contributed by atoms with Gasteiger partial charge in [-0.15, -0.1) is 22.7 Å². The fourth-order valence-corrected chi connectivity index (χ4v) is 4.24. The van der Waals surface area contributed by atoms with Gasteiger partial charge >= 0.3 is 0 Å². The minimum atomic E-state index is -0.222. The van der Waals surface area contributed by atoms with Crippen molar-refractivity contribution in [1.29, 1.82) is 0 Å². The third kappa shape index (κ3) is 3.33. The molecule has 1 aliphatic rings. The van der Waals surface area contributed by atoms with Crippen LogP contribution in [0.2, 0.25) is 0 Å². The third-order valence-corrected chi connectivity index (χ3v) is 5.64. The number of carbonyl (C=O) groups is 2. The average molecular weight is 369 g/mol. The van der Waals surface area contributed by atoms with Gasteiger partial charge in [-0.3, -0.25) is 14.9 Å². The Morgan fingerprint density at radius 2 is 2.12 bits per heavy atom. The Morgan fingerprint density at radius 1 is 1.20 bits per heavy atom. The number of benzene rings is 1. The van der Waals surface area contributed by atoms with E-state index in [1.54, 1.807) is 34.4 Å². The number of amides is 2. The van der Waals surface area contributed by atoms with Gasteiger partial charge in [-0.05, 0) is 36.1 Å². The van der Waals surface area contributed by atoms with E-state index < -0.39 is 0 Å². The highest BCUT2D eigenvalue weighted by atomic mass is 32.1. The molecular weight excluding hydrogens is 354 g/mol. The van der Waals surface area contributed by atoms with Gasteiger partial charge in [0, 0.05) is 29.6 Å². The fourth-order valence-electron chi connectivity index (χ4n) is 2.77. The zero-order valence-corrected chi connectivity index (χ0v) is 14.9. The number of thiophene rings is 1. The van der Waals surface area contributed by atoms with Gasteiger partial charge in [-0.25, -0.2) is 4.98 Å². The Hall–Kier alpha value is -2.51. The van der Waals surface area contributed by atoms with Crippen LogP contribution in [0.15, 0.2) is 47.2 Å². The molecule has 2 amide bonds. The second kappa shape index (κ2) is 6.78. The van der Waals surface area contributed by atoms with Gasteiger partial charge in [0.2, 0.25) is 5.91 Å². The minimum absolute atomic E-state index is 0.109. The number of rotatable bonds is 4. The van der Waals surface area contributed by atoms with Gasteiger partial charge in [0.25, 0.3) is 5.91 Å². The SMILES string of the molecule is O=C(Nc1nc(-c2cccs2)cs1)c1cccc(N2CCCC2=O)c1. The van der Waals surface area contributed by atoms with Gasteiger partial charge in [0.05, 0.1) is 10.6 Å².